The number of carboxylic acid groups (broad SMARTS) is 1. The van der Waals surface area contributed by atoms with Gasteiger partial charge in [-0.3, -0.25) is 14.5 Å². The number of furan rings is 1. The molecule has 7 heteroatoms. The van der Waals surface area contributed by atoms with Gasteiger partial charge in [0.1, 0.15) is 22.4 Å². The number of carbonyl (C=O) groups is 2. The molecule has 0 unspecified atom stereocenters. The summed E-state index contributed by atoms with van der Waals surface area (Å²) in [6, 6.07) is 11.6. The Labute approximate surface area is 154 Å². The lowest BCUT2D eigenvalue weighted by Crippen LogP contribution is -2.42. The van der Waals surface area contributed by atoms with E-state index < -0.39 is 12.5 Å². The predicted molar refractivity (Wildman–Crippen MR) is 101 cm³/mol. The lowest BCUT2D eigenvalue weighted by atomic mass is 10.1. The number of benzene rings is 1. The Morgan fingerprint density at radius 1 is 1.32 bits per heavy atom. The highest BCUT2D eigenvalue weighted by molar-refractivity contribution is 8.23. The second-order valence-corrected chi connectivity index (χ2v) is 7.19. The quantitative estimate of drug-likeness (QED) is 0.652. The first-order valence-electron chi connectivity index (χ1n) is 7.52. The monoisotopic (exact) mass is 373 g/mol. The number of carboxylic acids is 1. The van der Waals surface area contributed by atoms with Crippen molar-refractivity contribution in [1.82, 2.24) is 4.90 Å². The summed E-state index contributed by atoms with van der Waals surface area (Å²) in [6.45, 7) is 1.58. The van der Waals surface area contributed by atoms with Crippen LogP contribution in [0.5, 0.6) is 0 Å². The Bertz CT molecular complexity index is 867. The van der Waals surface area contributed by atoms with Crippen molar-refractivity contribution in [2.45, 2.75) is 6.92 Å². The van der Waals surface area contributed by atoms with Gasteiger partial charge < -0.3 is 9.52 Å². The molecule has 5 nitrogen and oxygen atoms in total. The fourth-order valence-electron chi connectivity index (χ4n) is 2.39. The SMILES string of the molecule is Cc1ccc(-c2ccc(/C=C3\CSC(=S)N(CC(=O)O)C3=O)o2)cc1. The van der Waals surface area contributed by atoms with E-state index in [2.05, 4.69) is 0 Å². The van der Waals surface area contributed by atoms with Gasteiger partial charge in [-0.15, -0.1) is 0 Å². The van der Waals surface area contributed by atoms with Crippen LogP contribution in [0.15, 0.2) is 46.4 Å². The smallest absolute Gasteiger partial charge is 0.323 e. The van der Waals surface area contributed by atoms with Gasteiger partial charge in [0.05, 0.1) is 0 Å². The number of amides is 1. The van der Waals surface area contributed by atoms with E-state index in [1.165, 1.54) is 11.8 Å². The van der Waals surface area contributed by atoms with E-state index in [4.69, 9.17) is 21.7 Å². The molecule has 1 aliphatic heterocycles. The van der Waals surface area contributed by atoms with Crippen molar-refractivity contribution in [1.29, 1.82) is 0 Å². The summed E-state index contributed by atoms with van der Waals surface area (Å²) >= 11 is 6.34. The Kier molecular flexibility index (Phi) is 5.06. The molecule has 128 valence electrons. The second-order valence-electron chi connectivity index (χ2n) is 5.58. The molecular formula is C18H15NO4S2. The Morgan fingerprint density at radius 3 is 2.72 bits per heavy atom. The predicted octanol–water partition coefficient (Wildman–Crippen LogP) is 3.58. The largest absolute Gasteiger partial charge is 0.480 e. The Hall–Kier alpha value is -2.38. The van der Waals surface area contributed by atoms with Crippen LogP contribution in [0.1, 0.15) is 11.3 Å². The van der Waals surface area contributed by atoms with Crippen LogP contribution in [0.3, 0.4) is 0 Å². The van der Waals surface area contributed by atoms with Crippen LogP contribution in [0, 0.1) is 6.92 Å². The molecule has 3 rings (SSSR count). The zero-order valence-corrected chi connectivity index (χ0v) is 15.0. The van der Waals surface area contributed by atoms with Crippen LogP contribution in [0.2, 0.25) is 0 Å². The Morgan fingerprint density at radius 2 is 2.04 bits per heavy atom. The van der Waals surface area contributed by atoms with Crippen LogP contribution in [-0.2, 0) is 9.59 Å². The number of aryl methyl sites for hydroxylation is 1. The third-order valence-electron chi connectivity index (χ3n) is 3.66. The van der Waals surface area contributed by atoms with Gasteiger partial charge in [0.2, 0.25) is 0 Å². The summed E-state index contributed by atoms with van der Waals surface area (Å²) in [5.74, 6) is 0.161. The van der Waals surface area contributed by atoms with Crippen LogP contribution in [0.25, 0.3) is 17.4 Å². The number of aliphatic carboxylic acids is 1. The molecule has 0 bridgehead atoms. The summed E-state index contributed by atoms with van der Waals surface area (Å²) in [5.41, 5.74) is 2.58. The van der Waals surface area contributed by atoms with E-state index in [1.54, 1.807) is 12.1 Å². The maximum atomic E-state index is 12.4. The van der Waals surface area contributed by atoms with Crippen molar-refractivity contribution in [3.8, 4) is 11.3 Å². The van der Waals surface area contributed by atoms with Crippen molar-refractivity contribution in [3.05, 3.63) is 53.3 Å². The maximum Gasteiger partial charge on any atom is 0.323 e. The van der Waals surface area contributed by atoms with Gasteiger partial charge in [0, 0.05) is 16.9 Å². The summed E-state index contributed by atoms with van der Waals surface area (Å²) < 4.78 is 6.08. The first kappa shape index (κ1) is 17.4. The molecule has 1 aromatic carbocycles. The summed E-state index contributed by atoms with van der Waals surface area (Å²) in [7, 11) is 0. The van der Waals surface area contributed by atoms with Gasteiger partial charge in [0.25, 0.3) is 5.91 Å². The molecule has 25 heavy (non-hydrogen) atoms. The lowest BCUT2D eigenvalue weighted by molar-refractivity contribution is -0.140. The molecule has 1 aliphatic rings. The molecule has 0 atom stereocenters. The third-order valence-corrected chi connectivity index (χ3v) is 5.16. The summed E-state index contributed by atoms with van der Waals surface area (Å²) in [6.07, 6.45) is 1.64. The van der Waals surface area contributed by atoms with E-state index >= 15 is 0 Å². The third kappa shape index (κ3) is 4.00. The molecule has 1 N–H and O–H groups in total. The number of nitrogens with zero attached hydrogens (tertiary/aromatic N) is 1. The standard InChI is InChI=1S/C18H15NO4S2/c1-11-2-4-12(5-3-11)15-7-6-14(23-15)8-13-10-25-18(24)19(17(13)22)9-16(20)21/h2-8H,9-10H2,1H3,(H,20,21)/b13-8+. The van der Waals surface area contributed by atoms with Crippen molar-refractivity contribution in [2.24, 2.45) is 0 Å². The van der Waals surface area contributed by atoms with Crippen LogP contribution < -0.4 is 0 Å². The second kappa shape index (κ2) is 7.25. The van der Waals surface area contributed by atoms with Gasteiger partial charge in [-0.1, -0.05) is 53.8 Å². The Balaban J connectivity index is 1.83. The highest BCUT2D eigenvalue weighted by atomic mass is 32.2. The highest BCUT2D eigenvalue weighted by Crippen LogP contribution is 2.27. The molecule has 0 saturated carbocycles. The summed E-state index contributed by atoms with van der Waals surface area (Å²) in [4.78, 5) is 24.4. The van der Waals surface area contributed by atoms with Crippen LogP contribution in [-0.4, -0.2) is 38.5 Å². The molecule has 1 amide bonds. The van der Waals surface area contributed by atoms with E-state index in [1.807, 2.05) is 37.3 Å². The highest BCUT2D eigenvalue weighted by Gasteiger charge is 2.29. The molecule has 2 heterocycles. The number of hydrogen-bond acceptors (Lipinski definition) is 5. The van der Waals surface area contributed by atoms with Crippen molar-refractivity contribution in [3.63, 3.8) is 0 Å². The number of hydrogen-bond donors (Lipinski definition) is 1. The number of thioether (sulfide) groups is 1. The molecule has 0 spiro atoms. The van der Waals surface area contributed by atoms with Gasteiger partial charge in [-0.05, 0) is 25.1 Å². The maximum absolute atomic E-state index is 12.4. The zero-order chi connectivity index (χ0) is 18.0. The molecule has 1 saturated heterocycles. The molecule has 1 fully saturated rings. The summed E-state index contributed by atoms with van der Waals surface area (Å²) in [5, 5.41) is 8.93. The van der Waals surface area contributed by atoms with Crippen molar-refractivity contribution < 1.29 is 19.1 Å². The topological polar surface area (TPSA) is 70.8 Å². The van der Waals surface area contributed by atoms with Gasteiger partial charge in [-0.25, -0.2) is 0 Å². The molecule has 2 aromatic rings. The van der Waals surface area contributed by atoms with Gasteiger partial charge >= 0.3 is 5.97 Å². The van der Waals surface area contributed by atoms with Crippen LogP contribution in [0.4, 0.5) is 0 Å². The van der Waals surface area contributed by atoms with E-state index in [9.17, 15) is 9.59 Å². The first-order chi connectivity index (χ1) is 11.9. The fraction of sp³-hybridized carbons (Fsp3) is 0.167. The van der Waals surface area contributed by atoms with Gasteiger partial charge in [-0.2, -0.15) is 0 Å². The van der Waals surface area contributed by atoms with Crippen LogP contribution >= 0.6 is 24.0 Å². The van der Waals surface area contributed by atoms with Crippen molar-refractivity contribution in [2.75, 3.05) is 12.3 Å². The number of thiocarbonyl (C=S) groups is 1. The minimum atomic E-state index is -1.10. The van der Waals surface area contributed by atoms with E-state index in [-0.39, 0.29) is 10.2 Å². The van der Waals surface area contributed by atoms with Crippen molar-refractivity contribution >= 4 is 46.3 Å². The van der Waals surface area contributed by atoms with Gasteiger partial charge in [0.15, 0.2) is 0 Å². The van der Waals surface area contributed by atoms with E-state index in [0.717, 1.165) is 16.0 Å². The molecular weight excluding hydrogens is 358 g/mol. The fourth-order valence-corrected chi connectivity index (χ4v) is 3.50. The number of carbonyl (C=O) groups excluding carboxylic acids is 1. The molecule has 1 aromatic heterocycles. The average Bonchev–Trinajstić information content (AvgIpc) is 3.03. The molecule has 0 aliphatic carbocycles. The van der Waals surface area contributed by atoms with E-state index in [0.29, 0.717) is 22.8 Å². The number of rotatable bonds is 4. The average molecular weight is 373 g/mol. The lowest BCUT2D eigenvalue weighted by Gasteiger charge is -2.26. The zero-order valence-electron chi connectivity index (χ0n) is 13.4. The first-order valence-corrected chi connectivity index (χ1v) is 8.91. The minimum Gasteiger partial charge on any atom is -0.480 e. The minimum absolute atomic E-state index is 0.282. The normalized spacial score (nSPS) is 16.5. The molecule has 0 radical (unpaired) electrons.